The Kier molecular flexibility index (Phi) is 3.99. The Hall–Kier alpha value is -0.830. The molecule has 1 saturated heterocycles. The minimum absolute atomic E-state index is 0.242. The third-order valence-corrected chi connectivity index (χ3v) is 4.33. The summed E-state index contributed by atoms with van der Waals surface area (Å²) in [7, 11) is 0. The monoisotopic (exact) mass is 237 g/mol. The van der Waals surface area contributed by atoms with Crippen LogP contribution in [0, 0.1) is 0 Å². The number of nitrogens with zero attached hydrogens (tertiary/aromatic N) is 1. The van der Waals surface area contributed by atoms with E-state index in [1.165, 1.54) is 17.7 Å². The number of hydrogen-bond acceptors (Lipinski definition) is 2. The van der Waals surface area contributed by atoms with Crippen LogP contribution in [-0.4, -0.2) is 23.9 Å². The zero-order valence-corrected chi connectivity index (χ0v) is 10.7. The van der Waals surface area contributed by atoms with Crippen LogP contribution in [0.1, 0.15) is 47.2 Å². The molecular weight excluding hydrogens is 218 g/mol. The molecule has 16 heavy (non-hydrogen) atoms. The highest BCUT2D eigenvalue weighted by molar-refractivity contribution is 7.14. The number of rotatable bonds is 2. The molecule has 0 atom stereocenters. The molecule has 2 heterocycles. The fraction of sp³-hybridized carbons (Fsp3) is 0.615. The number of aryl methyl sites for hydroxylation is 1. The summed E-state index contributed by atoms with van der Waals surface area (Å²) in [5.41, 5.74) is 0. The van der Waals surface area contributed by atoms with Crippen molar-refractivity contribution < 1.29 is 4.79 Å². The maximum atomic E-state index is 12.2. The van der Waals surface area contributed by atoms with Crippen molar-refractivity contribution in [3.05, 3.63) is 21.9 Å². The van der Waals surface area contributed by atoms with Gasteiger partial charge >= 0.3 is 0 Å². The fourth-order valence-corrected chi connectivity index (χ4v) is 3.03. The molecule has 0 aliphatic carbocycles. The molecule has 0 radical (unpaired) electrons. The van der Waals surface area contributed by atoms with E-state index in [9.17, 15) is 4.79 Å². The van der Waals surface area contributed by atoms with Crippen molar-refractivity contribution >= 4 is 17.2 Å². The predicted octanol–water partition coefficient (Wildman–Crippen LogP) is 3.33. The molecule has 0 spiro atoms. The highest BCUT2D eigenvalue weighted by atomic mass is 32.1. The smallest absolute Gasteiger partial charge is 0.263 e. The van der Waals surface area contributed by atoms with E-state index in [1.807, 2.05) is 11.0 Å². The number of thiophene rings is 1. The quantitative estimate of drug-likeness (QED) is 0.772. The second-order valence-corrected chi connectivity index (χ2v) is 5.49. The Morgan fingerprint density at radius 3 is 2.50 bits per heavy atom. The summed E-state index contributed by atoms with van der Waals surface area (Å²) in [6, 6.07) is 4.06. The van der Waals surface area contributed by atoms with Crippen molar-refractivity contribution in [1.82, 2.24) is 4.90 Å². The Morgan fingerprint density at radius 1 is 1.25 bits per heavy atom. The average molecular weight is 237 g/mol. The van der Waals surface area contributed by atoms with E-state index in [-0.39, 0.29) is 5.91 Å². The zero-order chi connectivity index (χ0) is 11.4. The molecule has 1 aromatic rings. The van der Waals surface area contributed by atoms with E-state index in [4.69, 9.17) is 0 Å². The van der Waals surface area contributed by atoms with Crippen molar-refractivity contribution in [2.24, 2.45) is 0 Å². The van der Waals surface area contributed by atoms with E-state index in [0.29, 0.717) is 0 Å². The molecule has 3 heteroatoms. The van der Waals surface area contributed by atoms with E-state index < -0.39 is 0 Å². The van der Waals surface area contributed by atoms with Crippen molar-refractivity contribution in [1.29, 1.82) is 0 Å². The second kappa shape index (κ2) is 5.48. The lowest BCUT2D eigenvalue weighted by Crippen LogP contribution is -2.31. The summed E-state index contributed by atoms with van der Waals surface area (Å²) in [5, 5.41) is 0. The lowest BCUT2D eigenvalue weighted by Gasteiger charge is -2.19. The molecule has 0 bridgehead atoms. The zero-order valence-electron chi connectivity index (χ0n) is 9.87. The van der Waals surface area contributed by atoms with Gasteiger partial charge in [0.2, 0.25) is 0 Å². The number of carbonyl (C=O) groups is 1. The summed E-state index contributed by atoms with van der Waals surface area (Å²) in [6.45, 7) is 4.02. The summed E-state index contributed by atoms with van der Waals surface area (Å²) < 4.78 is 0. The number of carbonyl (C=O) groups excluding carboxylic acids is 1. The van der Waals surface area contributed by atoms with Crippen molar-refractivity contribution in [3.63, 3.8) is 0 Å². The van der Waals surface area contributed by atoms with Gasteiger partial charge in [-0.15, -0.1) is 11.3 Å². The van der Waals surface area contributed by atoms with Crippen LogP contribution in [0.3, 0.4) is 0 Å². The van der Waals surface area contributed by atoms with Crippen molar-refractivity contribution in [2.75, 3.05) is 13.1 Å². The van der Waals surface area contributed by atoms with Gasteiger partial charge in [-0.2, -0.15) is 0 Å². The first-order valence-electron chi connectivity index (χ1n) is 6.19. The lowest BCUT2D eigenvalue weighted by atomic mass is 10.2. The fourth-order valence-electron chi connectivity index (χ4n) is 2.11. The molecule has 1 fully saturated rings. The minimum atomic E-state index is 0.242. The van der Waals surface area contributed by atoms with Gasteiger partial charge in [0.15, 0.2) is 0 Å². The average Bonchev–Trinajstić information content (AvgIpc) is 2.62. The molecule has 1 amide bonds. The summed E-state index contributed by atoms with van der Waals surface area (Å²) in [4.78, 5) is 16.5. The van der Waals surface area contributed by atoms with Gasteiger partial charge in [0.1, 0.15) is 0 Å². The van der Waals surface area contributed by atoms with Crippen molar-refractivity contribution in [2.45, 2.75) is 39.0 Å². The Bertz CT molecular complexity index is 351. The molecule has 1 aliphatic heterocycles. The first kappa shape index (κ1) is 11.6. The van der Waals surface area contributed by atoms with Gasteiger partial charge < -0.3 is 4.90 Å². The molecule has 2 nitrogen and oxygen atoms in total. The number of hydrogen-bond donors (Lipinski definition) is 0. The van der Waals surface area contributed by atoms with Crippen LogP contribution in [0.5, 0.6) is 0 Å². The normalized spacial score (nSPS) is 17.2. The van der Waals surface area contributed by atoms with Gasteiger partial charge in [-0.3, -0.25) is 4.79 Å². The first-order chi connectivity index (χ1) is 7.81. The van der Waals surface area contributed by atoms with Gasteiger partial charge in [-0.25, -0.2) is 0 Å². The highest BCUT2D eigenvalue weighted by Crippen LogP contribution is 2.20. The van der Waals surface area contributed by atoms with Crippen LogP contribution in [0.25, 0.3) is 0 Å². The van der Waals surface area contributed by atoms with Gasteiger partial charge in [-0.05, 0) is 31.4 Å². The molecule has 0 unspecified atom stereocenters. The molecule has 1 aliphatic rings. The molecule has 0 saturated carbocycles. The third-order valence-electron chi connectivity index (χ3n) is 3.11. The van der Waals surface area contributed by atoms with E-state index in [2.05, 4.69) is 13.0 Å². The standard InChI is InChI=1S/C13H19NOS/c1-2-11-7-8-12(16-11)13(15)14-9-5-3-4-6-10-14/h7-8H,2-6,9-10H2,1H3. The molecule has 0 N–H and O–H groups in total. The summed E-state index contributed by atoms with van der Waals surface area (Å²) >= 11 is 1.65. The van der Waals surface area contributed by atoms with Gasteiger partial charge in [-0.1, -0.05) is 19.8 Å². The predicted molar refractivity (Wildman–Crippen MR) is 68.1 cm³/mol. The highest BCUT2D eigenvalue weighted by Gasteiger charge is 2.18. The van der Waals surface area contributed by atoms with Crippen LogP contribution in [0.2, 0.25) is 0 Å². The summed E-state index contributed by atoms with van der Waals surface area (Å²) in [6.07, 6.45) is 5.90. The first-order valence-corrected chi connectivity index (χ1v) is 7.01. The minimum Gasteiger partial charge on any atom is -0.338 e. The van der Waals surface area contributed by atoms with Crippen molar-refractivity contribution in [3.8, 4) is 0 Å². The SMILES string of the molecule is CCc1ccc(C(=O)N2CCCCCC2)s1. The summed E-state index contributed by atoms with van der Waals surface area (Å²) in [5.74, 6) is 0.242. The maximum absolute atomic E-state index is 12.2. The van der Waals surface area contributed by atoms with Crippen LogP contribution >= 0.6 is 11.3 Å². The number of amides is 1. The van der Waals surface area contributed by atoms with Crippen LogP contribution in [0.4, 0.5) is 0 Å². The van der Waals surface area contributed by atoms with Crippen LogP contribution in [-0.2, 0) is 6.42 Å². The largest absolute Gasteiger partial charge is 0.338 e. The molecular formula is C13H19NOS. The van der Waals surface area contributed by atoms with Gasteiger partial charge in [0.25, 0.3) is 5.91 Å². The Morgan fingerprint density at radius 2 is 1.94 bits per heavy atom. The molecule has 2 rings (SSSR count). The number of likely N-dealkylation sites (tertiary alicyclic amines) is 1. The molecule has 88 valence electrons. The Balaban J connectivity index is 2.05. The topological polar surface area (TPSA) is 20.3 Å². The maximum Gasteiger partial charge on any atom is 0.263 e. The van der Waals surface area contributed by atoms with Crippen LogP contribution in [0.15, 0.2) is 12.1 Å². The Labute approximate surface area is 101 Å². The lowest BCUT2D eigenvalue weighted by molar-refractivity contribution is 0.0766. The second-order valence-electron chi connectivity index (χ2n) is 4.33. The van der Waals surface area contributed by atoms with E-state index in [1.54, 1.807) is 11.3 Å². The van der Waals surface area contributed by atoms with E-state index in [0.717, 1.165) is 37.2 Å². The third kappa shape index (κ3) is 2.64. The van der Waals surface area contributed by atoms with Gasteiger partial charge in [0.05, 0.1) is 4.88 Å². The van der Waals surface area contributed by atoms with E-state index >= 15 is 0 Å². The van der Waals surface area contributed by atoms with Gasteiger partial charge in [0, 0.05) is 18.0 Å². The molecule has 1 aromatic heterocycles. The molecule has 0 aromatic carbocycles. The van der Waals surface area contributed by atoms with Crippen LogP contribution < -0.4 is 0 Å².